The Balaban J connectivity index is 1.47. The third-order valence-electron chi connectivity index (χ3n) is 6.68. The summed E-state index contributed by atoms with van der Waals surface area (Å²) in [5, 5.41) is 25.5. The van der Waals surface area contributed by atoms with E-state index in [0.29, 0.717) is 30.4 Å². The molecular formula is C24H30N6O5S. The lowest BCUT2D eigenvalue weighted by Gasteiger charge is -2.33. The number of sulfonamides is 1. The Morgan fingerprint density at radius 3 is 2.53 bits per heavy atom. The van der Waals surface area contributed by atoms with Gasteiger partial charge in [0.2, 0.25) is 10.0 Å². The van der Waals surface area contributed by atoms with Gasteiger partial charge in [-0.25, -0.2) is 13.1 Å². The number of nitriles is 1. The van der Waals surface area contributed by atoms with Crippen molar-refractivity contribution in [1.82, 2.24) is 24.7 Å². The van der Waals surface area contributed by atoms with Gasteiger partial charge in [-0.1, -0.05) is 12.1 Å². The van der Waals surface area contributed by atoms with Crippen LogP contribution in [0.3, 0.4) is 0 Å². The fraction of sp³-hybridized carbons (Fsp3) is 0.500. The zero-order valence-corrected chi connectivity index (χ0v) is 21.4. The Morgan fingerprint density at radius 2 is 1.94 bits per heavy atom. The molecule has 2 heterocycles. The predicted molar refractivity (Wildman–Crippen MR) is 130 cm³/mol. The maximum atomic E-state index is 13.3. The Hall–Kier alpha value is -3.27. The number of aryl methyl sites for hydroxylation is 1. The van der Waals surface area contributed by atoms with Crippen molar-refractivity contribution in [3.8, 4) is 6.07 Å². The van der Waals surface area contributed by atoms with Gasteiger partial charge in [0.05, 0.1) is 23.8 Å². The Morgan fingerprint density at radius 1 is 1.28 bits per heavy atom. The molecule has 2 amide bonds. The lowest BCUT2D eigenvalue weighted by Crippen LogP contribution is -2.54. The second-order valence-electron chi connectivity index (χ2n) is 10.1. The van der Waals surface area contributed by atoms with Gasteiger partial charge in [-0.2, -0.15) is 10.4 Å². The Labute approximate surface area is 210 Å². The van der Waals surface area contributed by atoms with E-state index in [0.717, 1.165) is 5.56 Å². The summed E-state index contributed by atoms with van der Waals surface area (Å²) in [6.07, 6.45) is 1.23. The van der Waals surface area contributed by atoms with E-state index in [9.17, 15) is 23.1 Å². The van der Waals surface area contributed by atoms with Crippen LogP contribution in [0.4, 0.5) is 0 Å². The van der Waals surface area contributed by atoms with Crippen LogP contribution in [0, 0.1) is 11.3 Å². The molecule has 0 saturated heterocycles. The van der Waals surface area contributed by atoms with E-state index < -0.39 is 26.2 Å². The van der Waals surface area contributed by atoms with Crippen molar-refractivity contribution in [2.45, 2.75) is 49.9 Å². The van der Waals surface area contributed by atoms with Crippen LogP contribution in [-0.4, -0.2) is 70.0 Å². The van der Waals surface area contributed by atoms with E-state index >= 15 is 0 Å². The summed E-state index contributed by atoms with van der Waals surface area (Å²) in [7, 11) is -2.19. The van der Waals surface area contributed by atoms with Crippen molar-refractivity contribution < 1.29 is 23.1 Å². The highest BCUT2D eigenvalue weighted by molar-refractivity contribution is 7.91. The van der Waals surface area contributed by atoms with E-state index in [-0.39, 0.29) is 43.5 Å². The van der Waals surface area contributed by atoms with Gasteiger partial charge in [0.25, 0.3) is 11.8 Å². The van der Waals surface area contributed by atoms with Gasteiger partial charge in [0, 0.05) is 32.2 Å². The number of carbonyl (C=O) groups is 2. The highest BCUT2D eigenvalue weighted by atomic mass is 32.2. The molecule has 0 unspecified atom stereocenters. The van der Waals surface area contributed by atoms with E-state index in [4.69, 9.17) is 5.26 Å². The number of rotatable bonds is 9. The summed E-state index contributed by atoms with van der Waals surface area (Å²) >= 11 is 0. The molecule has 11 nitrogen and oxygen atoms in total. The second kappa shape index (κ2) is 9.31. The standard InChI is InChI=1S/C24H30N6O5S/c1-23(2,15-31)28-36(34,35)24(9-10-24)14-30-11-8-18-19(27-29(3)20(18)22(30)33)21(32)26-13-17-6-4-16(12-25)5-7-17/h4-7,28,31H,8-11,13-15H2,1-3H3,(H,26,32). The maximum absolute atomic E-state index is 13.3. The molecule has 1 aromatic carbocycles. The van der Waals surface area contributed by atoms with Gasteiger partial charge in [-0.05, 0) is 50.8 Å². The predicted octanol–water partition coefficient (Wildman–Crippen LogP) is 0.443. The quantitative estimate of drug-likeness (QED) is 0.438. The monoisotopic (exact) mass is 514 g/mol. The fourth-order valence-corrected chi connectivity index (χ4v) is 6.34. The number of carbonyl (C=O) groups excluding carboxylic acids is 2. The summed E-state index contributed by atoms with van der Waals surface area (Å²) < 4.78 is 29.0. The number of nitrogens with zero attached hydrogens (tertiary/aromatic N) is 4. The third-order valence-corrected chi connectivity index (χ3v) is 9.18. The van der Waals surface area contributed by atoms with Crippen molar-refractivity contribution >= 4 is 21.8 Å². The molecule has 1 fully saturated rings. The molecule has 0 spiro atoms. The number of fused-ring (bicyclic) bond motifs is 1. The zero-order chi connectivity index (χ0) is 26.3. The second-order valence-corrected chi connectivity index (χ2v) is 12.2. The maximum Gasteiger partial charge on any atom is 0.272 e. The van der Waals surface area contributed by atoms with Crippen LogP contribution in [0.2, 0.25) is 0 Å². The minimum atomic E-state index is -3.78. The van der Waals surface area contributed by atoms with Crippen molar-refractivity contribution in [2.75, 3.05) is 19.7 Å². The molecule has 0 radical (unpaired) electrons. The number of benzene rings is 1. The van der Waals surface area contributed by atoms with Crippen LogP contribution < -0.4 is 10.0 Å². The van der Waals surface area contributed by atoms with Gasteiger partial charge in [0.15, 0.2) is 5.69 Å². The number of hydrogen-bond acceptors (Lipinski definition) is 7. The summed E-state index contributed by atoms with van der Waals surface area (Å²) in [6.45, 7) is 3.40. The smallest absolute Gasteiger partial charge is 0.272 e. The third kappa shape index (κ3) is 4.86. The molecule has 1 aromatic heterocycles. The van der Waals surface area contributed by atoms with E-state index in [1.54, 1.807) is 45.2 Å². The molecular weight excluding hydrogens is 484 g/mol. The molecule has 1 saturated carbocycles. The van der Waals surface area contributed by atoms with E-state index in [1.807, 2.05) is 6.07 Å². The summed E-state index contributed by atoms with van der Waals surface area (Å²) in [5.41, 5.74) is 1.35. The van der Waals surface area contributed by atoms with Crippen molar-refractivity contribution in [3.05, 3.63) is 52.3 Å². The molecule has 1 aliphatic carbocycles. The van der Waals surface area contributed by atoms with Crippen LogP contribution in [0.1, 0.15) is 64.4 Å². The summed E-state index contributed by atoms with van der Waals surface area (Å²) in [5.74, 6) is -0.769. The van der Waals surface area contributed by atoms with Gasteiger partial charge >= 0.3 is 0 Å². The first-order valence-corrected chi connectivity index (χ1v) is 13.2. The van der Waals surface area contributed by atoms with Crippen LogP contribution in [0.25, 0.3) is 0 Å². The normalized spacial score (nSPS) is 16.9. The van der Waals surface area contributed by atoms with Crippen LogP contribution in [0.15, 0.2) is 24.3 Å². The number of aromatic nitrogens is 2. The minimum absolute atomic E-state index is 0.0352. The molecule has 2 aromatic rings. The van der Waals surface area contributed by atoms with Crippen molar-refractivity contribution in [3.63, 3.8) is 0 Å². The first-order chi connectivity index (χ1) is 16.9. The Bertz CT molecular complexity index is 1340. The molecule has 36 heavy (non-hydrogen) atoms. The van der Waals surface area contributed by atoms with Crippen molar-refractivity contribution in [1.29, 1.82) is 5.26 Å². The summed E-state index contributed by atoms with van der Waals surface area (Å²) in [6, 6.07) is 8.90. The first-order valence-electron chi connectivity index (χ1n) is 11.7. The van der Waals surface area contributed by atoms with Gasteiger partial charge in [-0.3, -0.25) is 14.3 Å². The molecule has 2 aliphatic rings. The van der Waals surface area contributed by atoms with Crippen LogP contribution in [-0.2, 0) is 30.0 Å². The first kappa shape index (κ1) is 25.8. The fourth-order valence-electron chi connectivity index (χ4n) is 4.37. The number of amides is 2. The van der Waals surface area contributed by atoms with E-state index in [2.05, 4.69) is 15.1 Å². The van der Waals surface area contributed by atoms with Crippen molar-refractivity contribution in [2.24, 2.45) is 7.05 Å². The molecule has 3 N–H and O–H groups in total. The zero-order valence-electron chi connectivity index (χ0n) is 20.5. The number of aliphatic hydroxyl groups is 1. The number of hydrogen-bond donors (Lipinski definition) is 3. The lowest BCUT2D eigenvalue weighted by atomic mass is 10.0. The highest BCUT2D eigenvalue weighted by Crippen LogP contribution is 2.45. The average Bonchev–Trinajstić information content (AvgIpc) is 3.56. The lowest BCUT2D eigenvalue weighted by molar-refractivity contribution is 0.0724. The number of aliphatic hydroxyl groups excluding tert-OH is 1. The largest absolute Gasteiger partial charge is 0.394 e. The number of nitrogens with one attached hydrogen (secondary N) is 2. The summed E-state index contributed by atoms with van der Waals surface area (Å²) in [4.78, 5) is 27.7. The SMILES string of the molecule is Cn1nc(C(=O)NCc2ccc(C#N)cc2)c2c1C(=O)N(CC1(S(=O)(=O)NC(C)(C)CO)CC1)CC2. The molecule has 0 bridgehead atoms. The molecule has 0 atom stereocenters. The molecule has 1 aliphatic heterocycles. The topological polar surface area (TPSA) is 157 Å². The van der Waals surface area contributed by atoms with Crippen LogP contribution >= 0.6 is 0 Å². The molecule has 4 rings (SSSR count). The van der Waals surface area contributed by atoms with Crippen LogP contribution in [0.5, 0.6) is 0 Å². The minimum Gasteiger partial charge on any atom is -0.394 e. The molecule has 192 valence electrons. The van der Waals surface area contributed by atoms with Gasteiger partial charge in [-0.15, -0.1) is 0 Å². The average molecular weight is 515 g/mol. The van der Waals surface area contributed by atoms with Gasteiger partial charge < -0.3 is 15.3 Å². The molecule has 12 heteroatoms. The highest BCUT2D eigenvalue weighted by Gasteiger charge is 2.57. The van der Waals surface area contributed by atoms with Gasteiger partial charge in [0.1, 0.15) is 10.4 Å². The Kier molecular flexibility index (Phi) is 6.68. The van der Waals surface area contributed by atoms with E-state index in [1.165, 1.54) is 9.58 Å².